The molecule has 2 aromatic carbocycles. The lowest BCUT2D eigenvalue weighted by molar-refractivity contribution is -0.115. The van der Waals surface area contributed by atoms with Crippen LogP contribution in [0.1, 0.15) is 25.0 Å². The molecule has 1 amide bonds. The van der Waals surface area contributed by atoms with Crippen LogP contribution in [0.3, 0.4) is 0 Å². The van der Waals surface area contributed by atoms with Crippen LogP contribution in [0.5, 0.6) is 11.5 Å². The fraction of sp³-hybridized carbons (Fsp3) is 0.350. The van der Waals surface area contributed by atoms with Gasteiger partial charge in [-0.25, -0.2) is 13.1 Å². The lowest BCUT2D eigenvalue weighted by Gasteiger charge is -2.14. The minimum atomic E-state index is -3.69. The van der Waals surface area contributed by atoms with Crippen LogP contribution < -0.4 is 19.5 Å². The van der Waals surface area contributed by atoms with Gasteiger partial charge in [0.1, 0.15) is 11.5 Å². The second-order valence-electron chi connectivity index (χ2n) is 6.67. The van der Waals surface area contributed by atoms with Crippen molar-refractivity contribution in [2.45, 2.75) is 38.1 Å². The molecule has 0 atom stereocenters. The summed E-state index contributed by atoms with van der Waals surface area (Å²) < 4.78 is 37.8. The Morgan fingerprint density at radius 2 is 1.68 bits per heavy atom. The Bertz CT molecular complexity index is 955. The first kappa shape index (κ1) is 21.7. The van der Waals surface area contributed by atoms with Gasteiger partial charge >= 0.3 is 0 Å². The van der Waals surface area contributed by atoms with Crippen LogP contribution in [0.4, 0.5) is 5.69 Å². The van der Waals surface area contributed by atoms with Gasteiger partial charge in [-0.2, -0.15) is 0 Å². The molecule has 0 heterocycles. The van der Waals surface area contributed by atoms with Gasteiger partial charge in [0.15, 0.2) is 0 Å². The molecule has 7 nitrogen and oxygen atoms in total. The Kier molecular flexibility index (Phi) is 7.04. The van der Waals surface area contributed by atoms with Crippen molar-refractivity contribution < 1.29 is 22.7 Å². The van der Waals surface area contributed by atoms with E-state index < -0.39 is 10.0 Å². The minimum Gasteiger partial charge on any atom is -0.496 e. The molecule has 0 aromatic heterocycles. The maximum atomic E-state index is 12.5. The van der Waals surface area contributed by atoms with E-state index in [0.29, 0.717) is 11.4 Å². The Labute approximate surface area is 166 Å². The number of benzene rings is 2. The van der Waals surface area contributed by atoms with Crippen molar-refractivity contribution in [3.05, 3.63) is 47.5 Å². The molecule has 2 N–H and O–H groups in total. The van der Waals surface area contributed by atoms with Crippen LogP contribution in [0.15, 0.2) is 41.3 Å². The first-order valence-electron chi connectivity index (χ1n) is 8.80. The van der Waals surface area contributed by atoms with Gasteiger partial charge in [-0.15, -0.1) is 0 Å². The molecule has 0 radical (unpaired) electrons. The molecule has 2 rings (SSSR count). The average Bonchev–Trinajstić information content (AvgIpc) is 2.60. The summed E-state index contributed by atoms with van der Waals surface area (Å²) >= 11 is 0. The SMILES string of the molecule is COc1ccc(CC(=O)Nc2cc(S(=O)(=O)NC(C)C)ccc2OC)cc1C. The molecular weight excluding hydrogens is 380 g/mol. The number of carbonyl (C=O) groups excluding carboxylic acids is 1. The van der Waals surface area contributed by atoms with Crippen molar-refractivity contribution >= 4 is 21.6 Å². The highest BCUT2D eigenvalue weighted by molar-refractivity contribution is 7.89. The number of amides is 1. The topological polar surface area (TPSA) is 93.7 Å². The van der Waals surface area contributed by atoms with Gasteiger partial charge in [-0.1, -0.05) is 12.1 Å². The number of nitrogens with one attached hydrogen (secondary N) is 2. The summed E-state index contributed by atoms with van der Waals surface area (Å²) in [7, 11) is -0.636. The monoisotopic (exact) mass is 406 g/mol. The molecule has 152 valence electrons. The second kappa shape index (κ2) is 9.07. The molecule has 0 bridgehead atoms. The number of rotatable bonds is 8. The van der Waals surface area contributed by atoms with E-state index in [2.05, 4.69) is 10.0 Å². The van der Waals surface area contributed by atoms with Crippen LogP contribution in [-0.2, 0) is 21.2 Å². The minimum absolute atomic E-state index is 0.0533. The van der Waals surface area contributed by atoms with Crippen molar-refractivity contribution in [2.24, 2.45) is 0 Å². The number of carbonyl (C=O) groups is 1. The summed E-state index contributed by atoms with van der Waals surface area (Å²) in [4.78, 5) is 12.5. The van der Waals surface area contributed by atoms with Gasteiger partial charge in [-0.3, -0.25) is 4.79 Å². The smallest absolute Gasteiger partial charge is 0.240 e. The molecule has 0 aliphatic heterocycles. The van der Waals surface area contributed by atoms with Crippen molar-refractivity contribution in [1.29, 1.82) is 0 Å². The lowest BCUT2D eigenvalue weighted by Crippen LogP contribution is -2.30. The zero-order valence-corrected chi connectivity index (χ0v) is 17.5. The molecule has 0 fully saturated rings. The standard InChI is InChI=1S/C20H26N2O5S/c1-13(2)22-28(24,25)16-7-9-19(27-5)17(12-16)21-20(23)11-15-6-8-18(26-4)14(3)10-15/h6-10,12-13,22H,11H2,1-5H3,(H,21,23). The second-order valence-corrected chi connectivity index (χ2v) is 8.38. The van der Waals surface area contributed by atoms with E-state index in [1.807, 2.05) is 25.1 Å². The van der Waals surface area contributed by atoms with Crippen LogP contribution in [0, 0.1) is 6.92 Å². The quantitative estimate of drug-likeness (QED) is 0.703. The summed E-state index contributed by atoms with van der Waals surface area (Å²) in [6, 6.07) is 9.60. The summed E-state index contributed by atoms with van der Waals surface area (Å²) in [5.74, 6) is 0.846. The van der Waals surface area contributed by atoms with Crippen LogP contribution in [0.25, 0.3) is 0 Å². The Morgan fingerprint density at radius 3 is 2.25 bits per heavy atom. The Morgan fingerprint density at radius 1 is 1.04 bits per heavy atom. The molecule has 0 unspecified atom stereocenters. The third-order valence-corrected chi connectivity index (χ3v) is 5.63. The largest absolute Gasteiger partial charge is 0.496 e. The van der Waals surface area contributed by atoms with Gasteiger partial charge < -0.3 is 14.8 Å². The summed E-state index contributed by atoms with van der Waals surface area (Å²) in [6.45, 7) is 5.38. The van der Waals surface area contributed by atoms with E-state index in [-0.39, 0.29) is 23.3 Å². The number of anilines is 1. The van der Waals surface area contributed by atoms with Crippen molar-refractivity contribution in [3.63, 3.8) is 0 Å². The van der Waals surface area contributed by atoms with Crippen molar-refractivity contribution in [2.75, 3.05) is 19.5 Å². The number of hydrogen-bond acceptors (Lipinski definition) is 5. The zero-order chi connectivity index (χ0) is 20.9. The maximum Gasteiger partial charge on any atom is 0.240 e. The van der Waals surface area contributed by atoms with Crippen molar-refractivity contribution in [1.82, 2.24) is 4.72 Å². The van der Waals surface area contributed by atoms with Gasteiger partial charge in [-0.05, 0) is 56.2 Å². The number of aryl methyl sites for hydroxylation is 1. The molecule has 28 heavy (non-hydrogen) atoms. The molecule has 0 spiro atoms. The molecule has 0 saturated heterocycles. The third-order valence-electron chi connectivity index (χ3n) is 3.97. The molecule has 0 aliphatic rings. The van der Waals surface area contributed by atoms with E-state index in [9.17, 15) is 13.2 Å². The van der Waals surface area contributed by atoms with Gasteiger partial charge in [0.05, 0.1) is 31.2 Å². The van der Waals surface area contributed by atoms with E-state index in [4.69, 9.17) is 9.47 Å². The summed E-state index contributed by atoms with van der Waals surface area (Å²) in [5.41, 5.74) is 2.04. The Balaban J connectivity index is 2.23. The van der Waals surface area contributed by atoms with Gasteiger partial charge in [0, 0.05) is 6.04 Å². The van der Waals surface area contributed by atoms with Crippen LogP contribution in [-0.4, -0.2) is 34.6 Å². The van der Waals surface area contributed by atoms with Crippen LogP contribution in [0.2, 0.25) is 0 Å². The number of hydrogen-bond donors (Lipinski definition) is 2. The van der Waals surface area contributed by atoms with Gasteiger partial charge in [0.2, 0.25) is 15.9 Å². The molecule has 0 aliphatic carbocycles. The number of methoxy groups -OCH3 is 2. The predicted octanol–water partition coefficient (Wildman–Crippen LogP) is 2.88. The first-order valence-corrected chi connectivity index (χ1v) is 10.3. The normalized spacial score (nSPS) is 11.4. The molecular formula is C20H26N2O5S. The molecule has 0 saturated carbocycles. The highest BCUT2D eigenvalue weighted by Crippen LogP contribution is 2.28. The van der Waals surface area contributed by atoms with E-state index in [1.165, 1.54) is 25.3 Å². The third kappa shape index (κ3) is 5.46. The molecule has 2 aromatic rings. The Hall–Kier alpha value is -2.58. The fourth-order valence-corrected chi connectivity index (χ4v) is 4.04. The lowest BCUT2D eigenvalue weighted by atomic mass is 10.1. The number of sulfonamides is 1. The average molecular weight is 407 g/mol. The summed E-state index contributed by atoms with van der Waals surface area (Å²) in [5, 5.41) is 2.74. The fourth-order valence-electron chi connectivity index (χ4n) is 2.76. The van der Waals surface area contributed by atoms with Crippen LogP contribution >= 0.6 is 0 Å². The van der Waals surface area contributed by atoms with Crippen molar-refractivity contribution in [3.8, 4) is 11.5 Å². The van der Waals surface area contributed by atoms with E-state index in [1.54, 1.807) is 21.0 Å². The maximum absolute atomic E-state index is 12.5. The van der Waals surface area contributed by atoms with E-state index in [0.717, 1.165) is 16.9 Å². The van der Waals surface area contributed by atoms with E-state index >= 15 is 0 Å². The highest BCUT2D eigenvalue weighted by atomic mass is 32.2. The molecule has 8 heteroatoms. The summed E-state index contributed by atoms with van der Waals surface area (Å²) in [6.07, 6.45) is 0.134. The zero-order valence-electron chi connectivity index (χ0n) is 16.7. The number of ether oxygens (including phenoxy) is 2. The van der Waals surface area contributed by atoms with Gasteiger partial charge in [0.25, 0.3) is 0 Å². The predicted molar refractivity (Wildman–Crippen MR) is 109 cm³/mol. The highest BCUT2D eigenvalue weighted by Gasteiger charge is 2.18. The first-order chi connectivity index (χ1) is 13.2.